The Balaban J connectivity index is 1.64. The molecular formula is C31H37ClN6O2. The molecule has 2 unspecified atom stereocenters. The van der Waals surface area contributed by atoms with Crippen LogP contribution >= 0.6 is 11.6 Å². The van der Waals surface area contributed by atoms with Crippen molar-refractivity contribution in [2.24, 2.45) is 10.9 Å². The van der Waals surface area contributed by atoms with Crippen molar-refractivity contribution in [1.29, 1.82) is 0 Å². The molecule has 3 aromatic rings. The number of carbonyl (C=O) groups excluding carboxylic acids is 1. The van der Waals surface area contributed by atoms with Gasteiger partial charge in [0.05, 0.1) is 11.8 Å². The maximum atomic E-state index is 13.7. The first-order valence-corrected chi connectivity index (χ1v) is 14.0. The quantitative estimate of drug-likeness (QED) is 0.243. The molecule has 9 heteroatoms. The number of carbonyl (C=O) groups is 1. The Labute approximate surface area is 240 Å². The second kappa shape index (κ2) is 13.0. The first-order valence-electron chi connectivity index (χ1n) is 13.6. The fourth-order valence-electron chi connectivity index (χ4n) is 4.39. The maximum absolute atomic E-state index is 13.7. The van der Waals surface area contributed by atoms with Crippen LogP contribution in [0, 0.1) is 12.8 Å². The molecule has 1 aromatic carbocycles. The molecule has 4 rings (SSSR count). The van der Waals surface area contributed by atoms with Gasteiger partial charge in [-0.15, -0.1) is 0 Å². The van der Waals surface area contributed by atoms with E-state index in [1.807, 2.05) is 32.0 Å². The van der Waals surface area contributed by atoms with Gasteiger partial charge in [0.2, 0.25) is 5.96 Å². The minimum Gasteiger partial charge on any atom is -0.423 e. The van der Waals surface area contributed by atoms with Crippen LogP contribution in [0.25, 0.3) is 11.1 Å². The number of aliphatic imine (C=N–C) groups is 1. The number of guanidine groups is 1. The zero-order valence-corrected chi connectivity index (χ0v) is 24.7. The summed E-state index contributed by atoms with van der Waals surface area (Å²) in [6, 6.07) is 7.14. The summed E-state index contributed by atoms with van der Waals surface area (Å²) in [4.78, 5) is 27.1. The van der Waals surface area contributed by atoms with Gasteiger partial charge in [0.25, 0.3) is 5.91 Å². The van der Waals surface area contributed by atoms with E-state index in [4.69, 9.17) is 21.0 Å². The summed E-state index contributed by atoms with van der Waals surface area (Å²) in [5, 5.41) is 9.99. The van der Waals surface area contributed by atoms with Gasteiger partial charge in [-0.3, -0.25) is 15.1 Å². The molecule has 0 bridgehead atoms. The Morgan fingerprint density at radius 2 is 2.05 bits per heavy atom. The molecule has 0 saturated heterocycles. The van der Waals surface area contributed by atoms with Crippen molar-refractivity contribution in [3.05, 3.63) is 87.4 Å². The molecule has 0 fully saturated rings. The number of allylic oxidation sites excluding steroid dienone is 3. The van der Waals surface area contributed by atoms with E-state index in [0.717, 1.165) is 29.5 Å². The number of aromatic nitrogens is 2. The van der Waals surface area contributed by atoms with Gasteiger partial charge in [-0.1, -0.05) is 68.7 Å². The Kier molecular flexibility index (Phi) is 9.42. The summed E-state index contributed by atoms with van der Waals surface area (Å²) in [6.07, 6.45) is 9.64. The number of pyridine rings is 1. The van der Waals surface area contributed by atoms with E-state index in [0.29, 0.717) is 45.8 Å². The lowest BCUT2D eigenvalue weighted by Gasteiger charge is -2.27. The number of aryl methyl sites for hydroxylation is 1. The Morgan fingerprint density at radius 1 is 1.25 bits per heavy atom. The van der Waals surface area contributed by atoms with Gasteiger partial charge in [0, 0.05) is 35.1 Å². The molecular weight excluding hydrogens is 524 g/mol. The van der Waals surface area contributed by atoms with Gasteiger partial charge in [0.15, 0.2) is 5.58 Å². The molecule has 0 radical (unpaired) electrons. The van der Waals surface area contributed by atoms with E-state index in [1.54, 1.807) is 18.5 Å². The van der Waals surface area contributed by atoms with Crippen LogP contribution in [0.15, 0.2) is 80.6 Å². The van der Waals surface area contributed by atoms with Crippen molar-refractivity contribution < 1.29 is 9.21 Å². The smallest absolute Gasteiger partial charge is 0.302 e. The molecule has 0 saturated carbocycles. The van der Waals surface area contributed by atoms with Crippen LogP contribution < -0.4 is 16.0 Å². The first-order chi connectivity index (χ1) is 19.2. The topological polar surface area (TPSA) is 104 Å². The highest BCUT2D eigenvalue weighted by Gasteiger charge is 2.31. The molecule has 1 amide bonds. The van der Waals surface area contributed by atoms with Gasteiger partial charge in [-0.2, -0.15) is 4.98 Å². The zero-order valence-electron chi connectivity index (χ0n) is 23.9. The normalized spacial score (nSPS) is 17.0. The minimum atomic E-state index is -0.641. The van der Waals surface area contributed by atoms with Crippen molar-refractivity contribution in [2.75, 3.05) is 11.9 Å². The molecule has 210 valence electrons. The summed E-state index contributed by atoms with van der Waals surface area (Å²) >= 11 is 6.70. The number of rotatable bonds is 9. The van der Waals surface area contributed by atoms with Gasteiger partial charge in [0.1, 0.15) is 11.6 Å². The predicted molar refractivity (Wildman–Crippen MR) is 162 cm³/mol. The van der Waals surface area contributed by atoms with E-state index < -0.39 is 6.04 Å². The van der Waals surface area contributed by atoms with Crippen LogP contribution in [0.4, 0.5) is 6.01 Å². The van der Waals surface area contributed by atoms with Crippen LogP contribution in [0.2, 0.25) is 5.02 Å². The molecule has 1 aliphatic rings. The largest absolute Gasteiger partial charge is 0.423 e. The van der Waals surface area contributed by atoms with Crippen molar-refractivity contribution in [3.8, 4) is 0 Å². The molecule has 40 heavy (non-hydrogen) atoms. The standard InChI is InChI=1S/C31H37ClN6O2/c1-7-18(3)13-22(14-19(4)8-2)16-34-29(39)27-21(6)35-30(37-28(27)23-10-9-20(5)15-24(23)32)38-31-36-25-17-33-12-11-26(25)40-31/h9-15,17-18,28H,7-8,16H2,1-6H3,(H,34,39)(H2,35,36,37,38)/b19-14+,22-13+. The maximum Gasteiger partial charge on any atom is 0.302 e. The second-order valence-corrected chi connectivity index (χ2v) is 10.6. The number of hydrogen-bond acceptors (Lipinski definition) is 7. The number of anilines is 1. The summed E-state index contributed by atoms with van der Waals surface area (Å²) in [7, 11) is 0. The summed E-state index contributed by atoms with van der Waals surface area (Å²) in [5.74, 6) is 0.596. The third kappa shape index (κ3) is 6.99. The van der Waals surface area contributed by atoms with Crippen molar-refractivity contribution in [1.82, 2.24) is 20.6 Å². The molecule has 2 atom stereocenters. The lowest BCUT2D eigenvalue weighted by Crippen LogP contribution is -2.39. The van der Waals surface area contributed by atoms with Gasteiger partial charge in [-0.25, -0.2) is 4.99 Å². The number of halogens is 1. The SMILES string of the molecule is CC/C(C)=C/C(=C\C(C)CC)CNC(=O)C1=C(C)NC(Nc2nc3cnccc3o2)=NC1c1ccc(C)cc1Cl. The Morgan fingerprint density at radius 3 is 2.75 bits per heavy atom. The number of amides is 1. The van der Waals surface area contributed by atoms with E-state index in [1.165, 1.54) is 5.57 Å². The van der Waals surface area contributed by atoms with Gasteiger partial charge < -0.3 is 15.1 Å². The number of nitrogens with zero attached hydrogens (tertiary/aromatic N) is 3. The highest BCUT2D eigenvalue weighted by molar-refractivity contribution is 6.31. The fourth-order valence-corrected chi connectivity index (χ4v) is 4.72. The summed E-state index contributed by atoms with van der Waals surface area (Å²) in [5.41, 5.74) is 6.49. The second-order valence-electron chi connectivity index (χ2n) is 10.2. The number of benzene rings is 1. The zero-order chi connectivity index (χ0) is 28.8. The van der Waals surface area contributed by atoms with E-state index >= 15 is 0 Å². The van der Waals surface area contributed by atoms with Crippen LogP contribution in [0.1, 0.15) is 64.6 Å². The number of nitrogens with one attached hydrogen (secondary N) is 3. The summed E-state index contributed by atoms with van der Waals surface area (Å²) < 4.78 is 5.79. The van der Waals surface area contributed by atoms with Crippen LogP contribution in [0.3, 0.4) is 0 Å². The van der Waals surface area contributed by atoms with Crippen molar-refractivity contribution in [3.63, 3.8) is 0 Å². The third-order valence-electron chi connectivity index (χ3n) is 6.94. The minimum absolute atomic E-state index is 0.208. The fraction of sp³-hybridized carbons (Fsp3) is 0.355. The Bertz CT molecular complexity index is 1480. The van der Waals surface area contributed by atoms with Gasteiger partial charge >= 0.3 is 6.01 Å². The Hall–Kier alpha value is -3.91. The molecule has 0 spiro atoms. The van der Waals surface area contributed by atoms with Gasteiger partial charge in [-0.05, 0) is 50.3 Å². The number of fused-ring (bicyclic) bond motifs is 1. The third-order valence-corrected chi connectivity index (χ3v) is 7.26. The first kappa shape index (κ1) is 29.1. The van der Waals surface area contributed by atoms with Crippen LogP contribution in [-0.2, 0) is 4.79 Å². The molecule has 8 nitrogen and oxygen atoms in total. The predicted octanol–water partition coefficient (Wildman–Crippen LogP) is 7.02. The van der Waals surface area contributed by atoms with Crippen molar-refractivity contribution in [2.45, 2.75) is 60.4 Å². The van der Waals surface area contributed by atoms with Crippen LogP contribution in [0.5, 0.6) is 0 Å². The average molecular weight is 561 g/mol. The molecule has 3 heterocycles. The number of oxazole rings is 1. The number of hydrogen-bond donors (Lipinski definition) is 3. The molecule has 1 aliphatic heterocycles. The van der Waals surface area contributed by atoms with E-state index in [2.05, 4.69) is 65.8 Å². The summed E-state index contributed by atoms with van der Waals surface area (Å²) in [6.45, 7) is 12.8. The average Bonchev–Trinajstić information content (AvgIpc) is 3.33. The highest BCUT2D eigenvalue weighted by Crippen LogP contribution is 2.35. The van der Waals surface area contributed by atoms with E-state index in [9.17, 15) is 4.79 Å². The molecule has 0 aliphatic carbocycles. The monoisotopic (exact) mass is 560 g/mol. The van der Waals surface area contributed by atoms with Crippen LogP contribution in [-0.4, -0.2) is 28.4 Å². The lowest BCUT2D eigenvalue weighted by atomic mass is 9.94. The highest BCUT2D eigenvalue weighted by atomic mass is 35.5. The molecule has 2 aromatic heterocycles. The van der Waals surface area contributed by atoms with Crippen molar-refractivity contribution >= 4 is 40.6 Å². The van der Waals surface area contributed by atoms with E-state index in [-0.39, 0.29) is 11.9 Å². The lowest BCUT2D eigenvalue weighted by molar-refractivity contribution is -0.117. The molecule has 3 N–H and O–H groups in total.